The van der Waals surface area contributed by atoms with Gasteiger partial charge >= 0.3 is 0 Å². The van der Waals surface area contributed by atoms with Crippen LogP contribution < -0.4 is 9.04 Å². The molecule has 1 heterocycles. The zero-order valence-electron chi connectivity index (χ0n) is 12.8. The quantitative estimate of drug-likeness (QED) is 0.857. The Bertz CT molecular complexity index is 526. The van der Waals surface area contributed by atoms with Gasteiger partial charge in [0, 0.05) is 6.54 Å². The Morgan fingerprint density at radius 3 is 2.60 bits per heavy atom. The summed E-state index contributed by atoms with van der Waals surface area (Å²) < 4.78 is 30.5. The first-order chi connectivity index (χ1) is 9.52. The molecule has 114 valence electrons. The maximum absolute atomic E-state index is 11.7. The fourth-order valence-corrected chi connectivity index (χ4v) is 3.19. The van der Waals surface area contributed by atoms with Gasteiger partial charge in [0.25, 0.3) is 0 Å². The van der Waals surface area contributed by atoms with Gasteiger partial charge in [-0.15, -0.1) is 0 Å². The number of hydrogen-bond acceptors (Lipinski definition) is 3. The van der Waals surface area contributed by atoms with E-state index < -0.39 is 10.0 Å². The van der Waals surface area contributed by atoms with E-state index >= 15 is 0 Å². The van der Waals surface area contributed by atoms with E-state index in [1.807, 2.05) is 32.0 Å². The molecule has 0 saturated carbocycles. The summed E-state index contributed by atoms with van der Waals surface area (Å²) in [5, 5.41) is 0. The summed E-state index contributed by atoms with van der Waals surface area (Å²) >= 11 is 0. The van der Waals surface area contributed by atoms with Crippen molar-refractivity contribution in [2.75, 3.05) is 23.7 Å². The van der Waals surface area contributed by atoms with Crippen molar-refractivity contribution in [3.05, 3.63) is 23.8 Å². The Balaban J connectivity index is 0.000000956. The Hall–Kier alpha value is -1.23. The van der Waals surface area contributed by atoms with E-state index in [-0.39, 0.29) is 0 Å². The lowest BCUT2D eigenvalue weighted by molar-refractivity contribution is 0.317. The maximum atomic E-state index is 11.7. The Labute approximate surface area is 122 Å². The van der Waals surface area contributed by atoms with Crippen molar-refractivity contribution in [3.8, 4) is 5.75 Å². The molecule has 2 rings (SSSR count). The van der Waals surface area contributed by atoms with E-state index in [0.717, 1.165) is 36.3 Å². The van der Waals surface area contributed by atoms with Crippen LogP contribution in [0.2, 0.25) is 0 Å². The number of sulfonamides is 1. The van der Waals surface area contributed by atoms with Crippen molar-refractivity contribution < 1.29 is 13.2 Å². The first-order valence-electron chi connectivity index (χ1n) is 7.26. The second-order valence-electron chi connectivity index (χ2n) is 4.58. The summed E-state index contributed by atoms with van der Waals surface area (Å²) in [4.78, 5) is 0. The molecule has 0 saturated heterocycles. The molecule has 0 amide bonds. The zero-order valence-corrected chi connectivity index (χ0v) is 13.7. The number of fused-ring (bicyclic) bond motifs is 1. The summed E-state index contributed by atoms with van der Waals surface area (Å²) in [5.74, 6) is 0.825. The first kappa shape index (κ1) is 16.8. The number of anilines is 1. The van der Waals surface area contributed by atoms with Gasteiger partial charge in [0.2, 0.25) is 10.0 Å². The highest BCUT2D eigenvalue weighted by molar-refractivity contribution is 7.92. The Morgan fingerprint density at radius 2 is 2.00 bits per heavy atom. The zero-order chi connectivity index (χ0) is 15.2. The van der Waals surface area contributed by atoms with Gasteiger partial charge in [0.15, 0.2) is 0 Å². The SMILES string of the molecule is CC.CCCOc1ccc2c(c1)CCCN2S(C)(=O)=O. The van der Waals surface area contributed by atoms with Crippen LogP contribution in [0.5, 0.6) is 5.75 Å². The van der Waals surface area contributed by atoms with Gasteiger partial charge < -0.3 is 4.74 Å². The lowest BCUT2D eigenvalue weighted by Gasteiger charge is -2.29. The maximum Gasteiger partial charge on any atom is 0.232 e. The van der Waals surface area contributed by atoms with E-state index in [0.29, 0.717) is 13.2 Å². The molecule has 1 aliphatic heterocycles. The first-order valence-corrected chi connectivity index (χ1v) is 9.10. The second kappa shape index (κ2) is 7.53. The van der Waals surface area contributed by atoms with Crippen molar-refractivity contribution >= 4 is 15.7 Å². The number of ether oxygens (including phenoxy) is 1. The number of aryl methyl sites for hydroxylation is 1. The fraction of sp³-hybridized carbons (Fsp3) is 0.600. The number of benzene rings is 1. The molecular weight excluding hydrogens is 274 g/mol. The third kappa shape index (κ3) is 4.13. The molecule has 0 atom stereocenters. The number of hydrogen-bond donors (Lipinski definition) is 0. The molecule has 0 unspecified atom stereocenters. The van der Waals surface area contributed by atoms with Crippen molar-refractivity contribution in [1.29, 1.82) is 0 Å². The Morgan fingerprint density at radius 1 is 1.30 bits per heavy atom. The summed E-state index contributed by atoms with van der Waals surface area (Å²) in [7, 11) is -3.18. The third-order valence-electron chi connectivity index (χ3n) is 3.00. The largest absolute Gasteiger partial charge is 0.494 e. The van der Waals surface area contributed by atoms with Crippen LogP contribution in [0.15, 0.2) is 18.2 Å². The standard InChI is InChI=1S/C13H19NO3S.C2H6/c1-3-9-17-12-6-7-13-11(10-12)5-4-8-14(13)18(2,15)16;1-2/h6-7,10H,3-5,8-9H2,1-2H3;1-2H3. The van der Waals surface area contributed by atoms with Gasteiger partial charge in [-0.1, -0.05) is 20.8 Å². The van der Waals surface area contributed by atoms with Crippen LogP contribution in [0.3, 0.4) is 0 Å². The summed E-state index contributed by atoms with van der Waals surface area (Å²) in [5.41, 5.74) is 1.85. The third-order valence-corrected chi connectivity index (χ3v) is 4.18. The van der Waals surface area contributed by atoms with Gasteiger partial charge in [-0.05, 0) is 43.0 Å². The van der Waals surface area contributed by atoms with Crippen molar-refractivity contribution in [1.82, 2.24) is 0 Å². The lowest BCUT2D eigenvalue weighted by atomic mass is 10.0. The smallest absolute Gasteiger partial charge is 0.232 e. The highest BCUT2D eigenvalue weighted by atomic mass is 32.2. The number of nitrogens with zero attached hydrogens (tertiary/aromatic N) is 1. The van der Waals surface area contributed by atoms with Gasteiger partial charge in [0.05, 0.1) is 18.6 Å². The van der Waals surface area contributed by atoms with Gasteiger partial charge in [-0.2, -0.15) is 0 Å². The van der Waals surface area contributed by atoms with E-state index in [4.69, 9.17) is 4.74 Å². The molecule has 20 heavy (non-hydrogen) atoms. The fourth-order valence-electron chi connectivity index (χ4n) is 2.19. The van der Waals surface area contributed by atoms with Crippen LogP contribution >= 0.6 is 0 Å². The van der Waals surface area contributed by atoms with Crippen LogP contribution in [0.4, 0.5) is 5.69 Å². The van der Waals surface area contributed by atoms with Gasteiger partial charge in [-0.3, -0.25) is 4.31 Å². The molecule has 1 aliphatic rings. The summed E-state index contributed by atoms with van der Waals surface area (Å²) in [6.45, 7) is 7.32. The van der Waals surface area contributed by atoms with Crippen molar-refractivity contribution in [2.45, 2.75) is 40.0 Å². The van der Waals surface area contributed by atoms with Crippen LogP contribution in [0.25, 0.3) is 0 Å². The van der Waals surface area contributed by atoms with Gasteiger partial charge in [0.1, 0.15) is 5.75 Å². The molecule has 0 fully saturated rings. The molecule has 1 aromatic carbocycles. The highest BCUT2D eigenvalue weighted by Crippen LogP contribution is 2.31. The number of rotatable bonds is 4. The minimum atomic E-state index is -3.18. The lowest BCUT2D eigenvalue weighted by Crippen LogP contribution is -2.34. The van der Waals surface area contributed by atoms with Crippen molar-refractivity contribution in [2.24, 2.45) is 0 Å². The molecule has 4 nitrogen and oxygen atoms in total. The molecular formula is C15H25NO3S. The van der Waals surface area contributed by atoms with Crippen molar-refractivity contribution in [3.63, 3.8) is 0 Å². The minimum absolute atomic E-state index is 0.570. The Kier molecular flexibility index (Phi) is 6.33. The molecule has 0 aliphatic carbocycles. The van der Waals surface area contributed by atoms with Crippen LogP contribution in [-0.4, -0.2) is 27.8 Å². The normalized spacial score (nSPS) is 14.1. The highest BCUT2D eigenvalue weighted by Gasteiger charge is 2.24. The summed E-state index contributed by atoms with van der Waals surface area (Å²) in [6, 6.07) is 5.65. The van der Waals surface area contributed by atoms with Gasteiger partial charge in [-0.25, -0.2) is 8.42 Å². The predicted octanol–water partition coefficient (Wildman–Crippen LogP) is 3.21. The monoisotopic (exact) mass is 299 g/mol. The second-order valence-corrected chi connectivity index (χ2v) is 6.48. The molecule has 0 radical (unpaired) electrons. The van der Waals surface area contributed by atoms with E-state index in [9.17, 15) is 8.42 Å². The molecule has 0 spiro atoms. The average Bonchev–Trinajstić information content (AvgIpc) is 2.45. The molecule has 0 aromatic heterocycles. The van der Waals surface area contributed by atoms with E-state index in [2.05, 4.69) is 6.92 Å². The topological polar surface area (TPSA) is 46.6 Å². The molecule has 0 N–H and O–H groups in total. The minimum Gasteiger partial charge on any atom is -0.494 e. The molecule has 1 aromatic rings. The molecule has 5 heteroatoms. The predicted molar refractivity (Wildman–Crippen MR) is 84.1 cm³/mol. The van der Waals surface area contributed by atoms with Crippen LogP contribution in [0, 0.1) is 0 Å². The average molecular weight is 299 g/mol. The summed E-state index contributed by atoms with van der Waals surface area (Å²) in [6.07, 6.45) is 3.98. The van der Waals surface area contributed by atoms with E-state index in [1.54, 1.807) is 0 Å². The van der Waals surface area contributed by atoms with Crippen LogP contribution in [-0.2, 0) is 16.4 Å². The van der Waals surface area contributed by atoms with E-state index in [1.165, 1.54) is 10.6 Å². The molecule has 0 bridgehead atoms. The van der Waals surface area contributed by atoms with Crippen LogP contribution in [0.1, 0.15) is 39.2 Å².